The number of benzene rings is 1. The highest BCUT2D eigenvalue weighted by Crippen LogP contribution is 2.12. The van der Waals surface area contributed by atoms with Gasteiger partial charge in [-0.25, -0.2) is 0 Å². The van der Waals surface area contributed by atoms with Crippen molar-refractivity contribution >= 4 is 18.3 Å². The van der Waals surface area contributed by atoms with Gasteiger partial charge in [-0.1, -0.05) is 12.1 Å². The number of piperidine rings is 1. The average molecular weight is 299 g/mol. The molecule has 2 N–H and O–H groups in total. The van der Waals surface area contributed by atoms with Crippen molar-refractivity contribution in [3.05, 3.63) is 29.8 Å². The standard InChI is InChI=1S/C15H22N2O2.ClH/c1-19-14-7-4-12(5-8-14)6-9-15(18)17-13-3-2-10-16-11-13;/h4-5,7-8,13,16H,2-3,6,9-11H2,1H3,(H,17,18);1H/t13-;/m1./s1. The summed E-state index contributed by atoms with van der Waals surface area (Å²) in [6.07, 6.45) is 3.55. The minimum Gasteiger partial charge on any atom is -0.497 e. The largest absolute Gasteiger partial charge is 0.497 e. The molecule has 1 atom stereocenters. The minimum atomic E-state index is 0. The molecule has 0 spiro atoms. The summed E-state index contributed by atoms with van der Waals surface area (Å²) >= 11 is 0. The summed E-state index contributed by atoms with van der Waals surface area (Å²) in [4.78, 5) is 11.8. The molecule has 112 valence electrons. The van der Waals surface area contributed by atoms with Crippen molar-refractivity contribution in [3.63, 3.8) is 0 Å². The van der Waals surface area contributed by atoms with Crippen molar-refractivity contribution < 1.29 is 9.53 Å². The van der Waals surface area contributed by atoms with Gasteiger partial charge in [-0.3, -0.25) is 4.79 Å². The number of rotatable bonds is 5. The molecule has 5 heteroatoms. The van der Waals surface area contributed by atoms with Crippen LogP contribution in [0.15, 0.2) is 24.3 Å². The Balaban J connectivity index is 0.00000200. The van der Waals surface area contributed by atoms with Gasteiger partial charge in [0.05, 0.1) is 7.11 Å². The van der Waals surface area contributed by atoms with Gasteiger partial charge in [0.25, 0.3) is 0 Å². The zero-order valence-electron chi connectivity index (χ0n) is 11.9. The fourth-order valence-electron chi connectivity index (χ4n) is 2.32. The van der Waals surface area contributed by atoms with Gasteiger partial charge in [0.1, 0.15) is 5.75 Å². The average Bonchev–Trinajstić information content (AvgIpc) is 2.47. The van der Waals surface area contributed by atoms with Gasteiger partial charge < -0.3 is 15.4 Å². The van der Waals surface area contributed by atoms with Crippen LogP contribution in [0.1, 0.15) is 24.8 Å². The molecule has 0 aromatic heterocycles. The Kier molecular flexibility index (Phi) is 7.41. The Morgan fingerprint density at radius 1 is 1.40 bits per heavy atom. The number of ether oxygens (including phenoxy) is 1. The van der Waals surface area contributed by atoms with E-state index < -0.39 is 0 Å². The lowest BCUT2D eigenvalue weighted by Gasteiger charge is -2.23. The van der Waals surface area contributed by atoms with Crippen molar-refractivity contribution in [3.8, 4) is 5.75 Å². The number of aryl methyl sites for hydroxylation is 1. The third-order valence-corrected chi connectivity index (χ3v) is 3.46. The number of hydrogen-bond acceptors (Lipinski definition) is 3. The van der Waals surface area contributed by atoms with Crippen molar-refractivity contribution in [2.24, 2.45) is 0 Å². The second-order valence-electron chi connectivity index (χ2n) is 4.96. The first kappa shape index (κ1) is 16.8. The number of carbonyl (C=O) groups is 1. The van der Waals surface area contributed by atoms with E-state index in [1.165, 1.54) is 0 Å². The van der Waals surface area contributed by atoms with Gasteiger partial charge in [-0.2, -0.15) is 0 Å². The van der Waals surface area contributed by atoms with Gasteiger partial charge in [0.2, 0.25) is 5.91 Å². The van der Waals surface area contributed by atoms with E-state index in [-0.39, 0.29) is 18.3 Å². The molecule has 1 aliphatic rings. The summed E-state index contributed by atoms with van der Waals surface area (Å²) in [7, 11) is 1.65. The van der Waals surface area contributed by atoms with E-state index in [1.54, 1.807) is 7.11 Å². The van der Waals surface area contributed by atoms with Crippen LogP contribution in [-0.2, 0) is 11.2 Å². The maximum atomic E-state index is 11.8. The van der Waals surface area contributed by atoms with E-state index >= 15 is 0 Å². The number of nitrogens with one attached hydrogen (secondary N) is 2. The van der Waals surface area contributed by atoms with E-state index in [2.05, 4.69) is 10.6 Å². The molecular weight excluding hydrogens is 276 g/mol. The molecule has 20 heavy (non-hydrogen) atoms. The molecule has 1 aliphatic heterocycles. The molecule has 1 aromatic carbocycles. The zero-order valence-corrected chi connectivity index (χ0v) is 12.7. The van der Waals surface area contributed by atoms with Gasteiger partial charge in [0, 0.05) is 19.0 Å². The first-order valence-corrected chi connectivity index (χ1v) is 6.91. The lowest BCUT2D eigenvalue weighted by molar-refractivity contribution is -0.121. The lowest BCUT2D eigenvalue weighted by Crippen LogP contribution is -2.45. The number of methoxy groups -OCH3 is 1. The SMILES string of the molecule is COc1ccc(CCC(=O)N[C@@H]2CCCNC2)cc1.Cl. The van der Waals surface area contributed by atoms with E-state index in [1.807, 2.05) is 24.3 Å². The van der Waals surface area contributed by atoms with Gasteiger partial charge >= 0.3 is 0 Å². The van der Waals surface area contributed by atoms with Crippen LogP contribution in [0.2, 0.25) is 0 Å². The Labute approximate surface area is 126 Å². The van der Waals surface area contributed by atoms with E-state index in [4.69, 9.17) is 4.74 Å². The van der Waals surface area contributed by atoms with Crippen LogP contribution in [0.4, 0.5) is 0 Å². The second kappa shape index (κ2) is 8.82. The van der Waals surface area contributed by atoms with E-state index in [0.717, 1.165) is 43.7 Å². The first-order chi connectivity index (χ1) is 9.28. The highest BCUT2D eigenvalue weighted by Gasteiger charge is 2.14. The fourth-order valence-corrected chi connectivity index (χ4v) is 2.32. The summed E-state index contributed by atoms with van der Waals surface area (Å²) in [6, 6.07) is 8.18. The quantitative estimate of drug-likeness (QED) is 0.873. The number of hydrogen-bond donors (Lipinski definition) is 2. The third kappa shape index (κ3) is 5.39. The molecule has 0 radical (unpaired) electrons. The topological polar surface area (TPSA) is 50.4 Å². The summed E-state index contributed by atoms with van der Waals surface area (Å²) in [5, 5.41) is 6.38. The summed E-state index contributed by atoms with van der Waals surface area (Å²) in [5.74, 6) is 0.992. The number of halogens is 1. The van der Waals surface area contributed by atoms with Crippen molar-refractivity contribution in [2.75, 3.05) is 20.2 Å². The molecule has 0 saturated carbocycles. The summed E-state index contributed by atoms with van der Waals surface area (Å²) < 4.78 is 5.11. The van der Waals surface area contributed by atoms with Crippen LogP contribution in [0.5, 0.6) is 5.75 Å². The van der Waals surface area contributed by atoms with Crippen LogP contribution < -0.4 is 15.4 Å². The monoisotopic (exact) mass is 298 g/mol. The van der Waals surface area contributed by atoms with Crippen molar-refractivity contribution in [1.82, 2.24) is 10.6 Å². The predicted octanol–water partition coefficient (Wildman–Crippen LogP) is 1.92. The molecule has 0 bridgehead atoms. The molecule has 0 aliphatic carbocycles. The Bertz CT molecular complexity index is 403. The molecule has 1 fully saturated rings. The minimum absolute atomic E-state index is 0. The van der Waals surface area contributed by atoms with Crippen LogP contribution >= 0.6 is 12.4 Å². The number of carbonyl (C=O) groups excluding carboxylic acids is 1. The molecule has 2 rings (SSSR count). The summed E-state index contributed by atoms with van der Waals surface area (Å²) in [6.45, 7) is 1.96. The molecule has 1 saturated heterocycles. The molecule has 1 amide bonds. The zero-order chi connectivity index (χ0) is 13.5. The van der Waals surface area contributed by atoms with Gasteiger partial charge in [-0.15, -0.1) is 12.4 Å². The van der Waals surface area contributed by atoms with Crippen LogP contribution in [-0.4, -0.2) is 32.1 Å². The normalized spacial score (nSPS) is 17.9. The molecule has 0 unspecified atom stereocenters. The maximum Gasteiger partial charge on any atom is 0.220 e. The Morgan fingerprint density at radius 2 is 2.15 bits per heavy atom. The number of amides is 1. The van der Waals surface area contributed by atoms with E-state index in [9.17, 15) is 4.79 Å². The Morgan fingerprint density at radius 3 is 2.75 bits per heavy atom. The Hall–Kier alpha value is -1.26. The second-order valence-corrected chi connectivity index (χ2v) is 4.96. The van der Waals surface area contributed by atoms with E-state index in [0.29, 0.717) is 12.5 Å². The molecule has 1 aromatic rings. The van der Waals surface area contributed by atoms with Crippen molar-refractivity contribution in [2.45, 2.75) is 31.7 Å². The third-order valence-electron chi connectivity index (χ3n) is 3.46. The maximum absolute atomic E-state index is 11.8. The van der Waals surface area contributed by atoms with Gasteiger partial charge in [0.15, 0.2) is 0 Å². The first-order valence-electron chi connectivity index (χ1n) is 6.91. The van der Waals surface area contributed by atoms with Crippen LogP contribution in [0.3, 0.4) is 0 Å². The van der Waals surface area contributed by atoms with Crippen molar-refractivity contribution in [1.29, 1.82) is 0 Å². The highest BCUT2D eigenvalue weighted by molar-refractivity contribution is 5.85. The van der Waals surface area contributed by atoms with Crippen LogP contribution in [0.25, 0.3) is 0 Å². The summed E-state index contributed by atoms with van der Waals surface area (Å²) in [5.41, 5.74) is 1.16. The molecular formula is C15H23ClN2O2. The molecule has 1 heterocycles. The smallest absolute Gasteiger partial charge is 0.220 e. The fraction of sp³-hybridized carbons (Fsp3) is 0.533. The lowest BCUT2D eigenvalue weighted by atomic mass is 10.1. The molecule has 4 nitrogen and oxygen atoms in total. The predicted molar refractivity (Wildman–Crippen MR) is 82.6 cm³/mol. The van der Waals surface area contributed by atoms with Gasteiger partial charge in [-0.05, 0) is 43.5 Å². The highest BCUT2D eigenvalue weighted by atomic mass is 35.5. The van der Waals surface area contributed by atoms with Crippen LogP contribution in [0, 0.1) is 0 Å².